The molecule has 3 amide bonds. The highest BCUT2D eigenvalue weighted by atomic mass is 35.5. The predicted octanol–water partition coefficient (Wildman–Crippen LogP) is 4.22. The molecule has 134 valence electrons. The van der Waals surface area contributed by atoms with E-state index in [1.807, 2.05) is 55.5 Å². The third-order valence-electron chi connectivity index (χ3n) is 3.97. The number of nitrogens with one attached hydrogen (secondary N) is 1. The van der Waals surface area contributed by atoms with Crippen LogP contribution in [0.15, 0.2) is 54.2 Å². The minimum absolute atomic E-state index is 0.247. The summed E-state index contributed by atoms with van der Waals surface area (Å²) in [4.78, 5) is 25.5. The molecular formula is C20H19ClN2O3. The average Bonchev–Trinajstić information content (AvgIpc) is 2.90. The molecule has 1 heterocycles. The number of benzene rings is 2. The lowest BCUT2D eigenvalue weighted by molar-refractivity contribution is -0.122. The second-order valence-electron chi connectivity index (χ2n) is 5.86. The molecule has 0 radical (unpaired) electrons. The Morgan fingerprint density at radius 1 is 1.12 bits per heavy atom. The van der Waals surface area contributed by atoms with Crippen LogP contribution < -0.4 is 10.1 Å². The van der Waals surface area contributed by atoms with Crippen LogP contribution in [0.5, 0.6) is 5.75 Å². The molecule has 1 aliphatic rings. The first-order chi connectivity index (χ1) is 12.6. The van der Waals surface area contributed by atoms with Crippen LogP contribution in [0.4, 0.5) is 4.79 Å². The molecule has 1 fully saturated rings. The zero-order valence-corrected chi connectivity index (χ0v) is 15.1. The lowest BCUT2D eigenvalue weighted by atomic mass is 10.1. The molecule has 2 aromatic carbocycles. The normalized spacial score (nSPS) is 15.5. The van der Waals surface area contributed by atoms with Gasteiger partial charge in [0, 0.05) is 22.7 Å². The van der Waals surface area contributed by atoms with Crippen LogP contribution in [0, 0.1) is 0 Å². The smallest absolute Gasteiger partial charge is 0.329 e. The molecule has 0 aliphatic carbocycles. The van der Waals surface area contributed by atoms with Crippen molar-refractivity contribution in [1.82, 2.24) is 10.2 Å². The number of para-hydroxylation sites is 1. The predicted molar refractivity (Wildman–Crippen MR) is 101 cm³/mol. The van der Waals surface area contributed by atoms with Crippen molar-refractivity contribution in [3.63, 3.8) is 0 Å². The highest BCUT2D eigenvalue weighted by Crippen LogP contribution is 2.25. The summed E-state index contributed by atoms with van der Waals surface area (Å²) >= 11 is 6.16. The van der Waals surface area contributed by atoms with Gasteiger partial charge in [0.05, 0.1) is 0 Å². The van der Waals surface area contributed by atoms with E-state index in [0.717, 1.165) is 5.56 Å². The standard InChI is InChI=1S/C20H19ClN2O3/c1-2-11-23-19(24)17(22-20(23)25)12-14-7-4-6-10-18(14)26-13-15-8-3-5-9-16(15)21/h3-10,12H,2,11,13H2,1H3,(H,22,25). The molecule has 26 heavy (non-hydrogen) atoms. The number of carbonyl (C=O) groups excluding carboxylic acids is 2. The molecular weight excluding hydrogens is 352 g/mol. The van der Waals surface area contributed by atoms with E-state index in [1.165, 1.54) is 4.90 Å². The topological polar surface area (TPSA) is 58.6 Å². The van der Waals surface area contributed by atoms with Crippen LogP contribution in [-0.2, 0) is 11.4 Å². The van der Waals surface area contributed by atoms with Gasteiger partial charge >= 0.3 is 6.03 Å². The number of hydrogen-bond donors (Lipinski definition) is 1. The summed E-state index contributed by atoms with van der Waals surface area (Å²) in [6.07, 6.45) is 2.35. The SMILES string of the molecule is CCCN1C(=O)NC(=Cc2ccccc2OCc2ccccc2Cl)C1=O. The highest BCUT2D eigenvalue weighted by molar-refractivity contribution is 6.31. The number of nitrogens with zero attached hydrogens (tertiary/aromatic N) is 1. The Labute approximate surface area is 157 Å². The maximum Gasteiger partial charge on any atom is 0.329 e. The van der Waals surface area contributed by atoms with Gasteiger partial charge in [0.1, 0.15) is 18.1 Å². The summed E-state index contributed by atoms with van der Waals surface area (Å²) in [5.41, 5.74) is 1.83. The fourth-order valence-corrected chi connectivity index (χ4v) is 2.85. The molecule has 0 atom stereocenters. The zero-order valence-electron chi connectivity index (χ0n) is 14.4. The molecule has 6 heteroatoms. The molecule has 3 rings (SSSR count). The molecule has 1 N–H and O–H groups in total. The third kappa shape index (κ3) is 3.89. The Morgan fingerprint density at radius 3 is 2.62 bits per heavy atom. The van der Waals surface area contributed by atoms with Crippen LogP contribution >= 0.6 is 11.6 Å². The van der Waals surface area contributed by atoms with Crippen LogP contribution in [0.25, 0.3) is 6.08 Å². The first-order valence-electron chi connectivity index (χ1n) is 8.40. The van der Waals surface area contributed by atoms with E-state index in [1.54, 1.807) is 6.08 Å². The maximum absolute atomic E-state index is 12.4. The van der Waals surface area contributed by atoms with Crippen molar-refractivity contribution in [2.75, 3.05) is 6.54 Å². The van der Waals surface area contributed by atoms with Crippen LogP contribution in [0.3, 0.4) is 0 Å². The fourth-order valence-electron chi connectivity index (χ4n) is 2.66. The highest BCUT2D eigenvalue weighted by Gasteiger charge is 2.32. The summed E-state index contributed by atoms with van der Waals surface area (Å²) in [6.45, 7) is 2.62. The molecule has 0 bridgehead atoms. The van der Waals surface area contributed by atoms with Gasteiger partial charge in [-0.3, -0.25) is 9.69 Å². The number of urea groups is 1. The Morgan fingerprint density at radius 2 is 1.85 bits per heavy atom. The minimum atomic E-state index is -0.391. The van der Waals surface area contributed by atoms with Crippen molar-refractivity contribution < 1.29 is 14.3 Å². The zero-order chi connectivity index (χ0) is 18.5. The lowest BCUT2D eigenvalue weighted by Gasteiger charge is -2.11. The molecule has 1 aliphatic heterocycles. The van der Waals surface area contributed by atoms with Gasteiger partial charge in [0.2, 0.25) is 0 Å². The number of ether oxygens (including phenoxy) is 1. The van der Waals surface area contributed by atoms with Gasteiger partial charge in [-0.15, -0.1) is 0 Å². The van der Waals surface area contributed by atoms with Crippen molar-refractivity contribution in [2.45, 2.75) is 20.0 Å². The van der Waals surface area contributed by atoms with Gasteiger partial charge in [-0.2, -0.15) is 0 Å². The number of imide groups is 1. The second kappa shape index (κ2) is 8.06. The summed E-state index contributed by atoms with van der Waals surface area (Å²) in [5.74, 6) is 0.286. The summed E-state index contributed by atoms with van der Waals surface area (Å²) in [5, 5.41) is 3.25. The minimum Gasteiger partial charge on any atom is -0.488 e. The lowest BCUT2D eigenvalue weighted by Crippen LogP contribution is -2.31. The van der Waals surface area contributed by atoms with E-state index in [4.69, 9.17) is 16.3 Å². The molecule has 5 nitrogen and oxygen atoms in total. The van der Waals surface area contributed by atoms with Gasteiger partial charge in [0.15, 0.2) is 0 Å². The maximum atomic E-state index is 12.4. The Balaban J connectivity index is 1.80. The van der Waals surface area contributed by atoms with E-state index >= 15 is 0 Å². The van der Waals surface area contributed by atoms with E-state index < -0.39 is 6.03 Å². The summed E-state index contributed by atoms with van der Waals surface area (Å²) in [7, 11) is 0. The van der Waals surface area contributed by atoms with Crippen molar-refractivity contribution in [3.05, 3.63) is 70.4 Å². The molecule has 0 saturated carbocycles. The molecule has 2 aromatic rings. The Kier molecular flexibility index (Phi) is 5.58. The van der Waals surface area contributed by atoms with Gasteiger partial charge in [0.25, 0.3) is 5.91 Å². The monoisotopic (exact) mass is 370 g/mol. The van der Waals surface area contributed by atoms with E-state index in [9.17, 15) is 9.59 Å². The average molecular weight is 371 g/mol. The van der Waals surface area contributed by atoms with Gasteiger partial charge < -0.3 is 10.1 Å². The van der Waals surface area contributed by atoms with E-state index in [0.29, 0.717) is 35.9 Å². The molecule has 0 unspecified atom stereocenters. The van der Waals surface area contributed by atoms with E-state index in [2.05, 4.69) is 5.32 Å². The molecule has 0 aromatic heterocycles. The van der Waals surface area contributed by atoms with Crippen LogP contribution in [0.1, 0.15) is 24.5 Å². The van der Waals surface area contributed by atoms with Gasteiger partial charge in [-0.1, -0.05) is 54.9 Å². The largest absolute Gasteiger partial charge is 0.488 e. The van der Waals surface area contributed by atoms with Crippen molar-refractivity contribution in [2.24, 2.45) is 0 Å². The first-order valence-corrected chi connectivity index (χ1v) is 8.77. The Bertz CT molecular complexity index is 864. The number of rotatable bonds is 6. The number of hydrogen-bond acceptors (Lipinski definition) is 3. The molecule has 0 spiro atoms. The second-order valence-corrected chi connectivity index (χ2v) is 6.27. The first kappa shape index (κ1) is 18.0. The van der Waals surface area contributed by atoms with Crippen molar-refractivity contribution in [3.8, 4) is 5.75 Å². The molecule has 1 saturated heterocycles. The van der Waals surface area contributed by atoms with Crippen LogP contribution in [0.2, 0.25) is 5.02 Å². The fraction of sp³-hybridized carbons (Fsp3) is 0.200. The van der Waals surface area contributed by atoms with E-state index in [-0.39, 0.29) is 11.6 Å². The Hall–Kier alpha value is -2.79. The number of amides is 3. The quantitative estimate of drug-likeness (QED) is 0.611. The summed E-state index contributed by atoms with van der Waals surface area (Å²) < 4.78 is 5.88. The number of carbonyl (C=O) groups is 2. The third-order valence-corrected chi connectivity index (χ3v) is 4.34. The van der Waals surface area contributed by atoms with Crippen molar-refractivity contribution in [1.29, 1.82) is 0 Å². The number of halogens is 1. The summed E-state index contributed by atoms with van der Waals surface area (Å²) in [6, 6.07) is 14.4. The van der Waals surface area contributed by atoms with Crippen molar-refractivity contribution >= 4 is 29.6 Å². The van der Waals surface area contributed by atoms with Gasteiger partial charge in [-0.05, 0) is 24.6 Å². The van der Waals surface area contributed by atoms with Crippen LogP contribution in [-0.4, -0.2) is 23.4 Å². The van der Waals surface area contributed by atoms with Gasteiger partial charge in [-0.25, -0.2) is 4.79 Å².